The third-order valence-corrected chi connectivity index (χ3v) is 14.2. The number of methoxy groups -OCH3 is 1. The highest BCUT2D eigenvalue weighted by Crippen LogP contribution is 2.34. The average molecular weight is 1410 g/mol. The molecule has 576 valence electrons. The predicted octanol–water partition coefficient (Wildman–Crippen LogP) is 33.4. The van der Waals surface area contributed by atoms with E-state index in [1.807, 2.05) is 154 Å². The highest BCUT2D eigenvalue weighted by Gasteiger charge is 2.14. The van der Waals surface area contributed by atoms with Gasteiger partial charge in [0.25, 0.3) is 0 Å². The molecule has 0 bridgehead atoms. The lowest BCUT2D eigenvalue weighted by Gasteiger charge is -2.05. The van der Waals surface area contributed by atoms with Gasteiger partial charge in [-0.1, -0.05) is 400 Å². The first-order valence-electron chi connectivity index (χ1n) is 37.3. The maximum absolute atomic E-state index is 5.27. The van der Waals surface area contributed by atoms with Crippen molar-refractivity contribution in [3.8, 4) is 11.5 Å². The Hall–Kier alpha value is -6.86. The van der Waals surface area contributed by atoms with Gasteiger partial charge in [0, 0.05) is 30.4 Å². The van der Waals surface area contributed by atoms with Crippen molar-refractivity contribution >= 4 is 11.3 Å². The number of hydrogen-bond acceptors (Lipinski definition) is 6. The Morgan fingerprint density at radius 2 is 0.564 bits per heavy atom. The van der Waals surface area contributed by atoms with E-state index < -0.39 is 0 Å². The molecule has 0 aliphatic carbocycles. The molecule has 4 heterocycles. The zero-order chi connectivity index (χ0) is 76.1. The van der Waals surface area contributed by atoms with Crippen LogP contribution in [0.2, 0.25) is 0 Å². The van der Waals surface area contributed by atoms with E-state index in [1.165, 1.54) is 44.7 Å². The molecule has 0 N–H and O–H groups in total. The summed E-state index contributed by atoms with van der Waals surface area (Å²) in [5, 5.41) is 2.12. The Labute approximate surface area is 633 Å². The third-order valence-electron chi connectivity index (χ3n) is 13.0. The summed E-state index contributed by atoms with van der Waals surface area (Å²) in [6, 6.07) is 70.8. The van der Waals surface area contributed by atoms with Gasteiger partial charge >= 0.3 is 0 Å². The second-order valence-corrected chi connectivity index (χ2v) is 24.9. The summed E-state index contributed by atoms with van der Waals surface area (Å²) in [6.45, 7) is 66.6. The van der Waals surface area contributed by atoms with Gasteiger partial charge in [-0.3, -0.25) is 0 Å². The Balaban J connectivity index is -0.000000131. The number of ether oxygens (including phenoxy) is 3. The minimum atomic E-state index is 0. The molecule has 5 nitrogen and oxygen atoms in total. The fourth-order valence-electron chi connectivity index (χ4n) is 7.32. The molecule has 0 saturated carbocycles. The zero-order valence-corrected chi connectivity index (χ0v) is 69.4. The molecular formula is C95H160O5S. The highest BCUT2D eigenvalue weighted by atomic mass is 32.1. The summed E-state index contributed by atoms with van der Waals surface area (Å²) < 4.78 is 25.2. The molecule has 9 aromatic rings. The maximum Gasteiger partial charge on any atom is 0.231 e. The van der Waals surface area contributed by atoms with Crippen molar-refractivity contribution in [2.45, 2.75) is 297 Å². The van der Waals surface area contributed by atoms with Gasteiger partial charge in [0.2, 0.25) is 6.79 Å². The molecule has 10 rings (SSSR count). The van der Waals surface area contributed by atoms with Crippen LogP contribution in [0.1, 0.15) is 346 Å². The van der Waals surface area contributed by atoms with Gasteiger partial charge < -0.3 is 23.0 Å². The topological polar surface area (TPSA) is 54.0 Å². The molecule has 0 saturated heterocycles. The molecule has 1 aliphatic rings. The summed E-state index contributed by atoms with van der Waals surface area (Å²) in [4.78, 5) is 1.48. The first-order valence-corrected chi connectivity index (χ1v) is 38.2. The Morgan fingerprint density at radius 1 is 0.307 bits per heavy atom. The summed E-state index contributed by atoms with van der Waals surface area (Å²) in [5.41, 5.74) is 8.36. The van der Waals surface area contributed by atoms with Crippen LogP contribution in [0.3, 0.4) is 0 Å². The van der Waals surface area contributed by atoms with Crippen molar-refractivity contribution in [3.63, 3.8) is 0 Å². The van der Waals surface area contributed by atoms with Crippen LogP contribution in [0.15, 0.2) is 233 Å². The molecule has 0 amide bonds. The maximum atomic E-state index is 5.27. The van der Waals surface area contributed by atoms with Crippen LogP contribution in [0.5, 0.6) is 11.5 Å². The quantitative estimate of drug-likeness (QED) is 0.137. The molecular weight excluding hydrogens is 1250 g/mol. The number of rotatable bonds is 10. The number of furan rings is 2. The van der Waals surface area contributed by atoms with Gasteiger partial charge in [0.1, 0.15) is 11.5 Å². The summed E-state index contributed by atoms with van der Waals surface area (Å²) in [5.74, 6) is 9.43. The molecule has 0 atom stereocenters. The SMILES string of the molecule is C.C.C.CC.CC.CC.CC.CC.CC(C)c1ccc2c(c1)OCO2.CC(C)c1ccccc1.CC(C)c1ccccc1.CC(C)c1ccccc1.CC(C)c1ccccc1.CC(C)c1ccccc1.CC(C)c1ccco1.CC(C)c1ccco1.CC(C)c1cccs1.CCC.CCOC. The second-order valence-electron chi connectivity index (χ2n) is 23.9. The Morgan fingerprint density at radius 3 is 0.723 bits per heavy atom. The first-order chi connectivity index (χ1) is 47.0. The van der Waals surface area contributed by atoms with Gasteiger partial charge in [-0.05, 0) is 130 Å². The molecule has 6 heteroatoms. The van der Waals surface area contributed by atoms with E-state index in [0.717, 1.165) is 29.6 Å². The van der Waals surface area contributed by atoms with E-state index in [2.05, 4.69) is 288 Å². The van der Waals surface area contributed by atoms with Crippen molar-refractivity contribution in [2.24, 2.45) is 0 Å². The summed E-state index contributed by atoms with van der Waals surface area (Å²) >= 11 is 1.83. The Kier molecular flexibility index (Phi) is 89.7. The van der Waals surface area contributed by atoms with Gasteiger partial charge in [-0.25, -0.2) is 0 Å². The van der Waals surface area contributed by atoms with Gasteiger partial charge in [0.15, 0.2) is 11.5 Å². The Bertz CT molecular complexity index is 2490. The highest BCUT2D eigenvalue weighted by molar-refractivity contribution is 7.10. The third kappa shape index (κ3) is 63.8. The fourth-order valence-corrected chi connectivity index (χ4v) is 8.06. The van der Waals surface area contributed by atoms with Crippen molar-refractivity contribution < 1.29 is 23.0 Å². The zero-order valence-electron chi connectivity index (χ0n) is 68.6. The van der Waals surface area contributed by atoms with Gasteiger partial charge in [-0.15, -0.1) is 11.3 Å². The molecule has 0 radical (unpaired) electrons. The largest absolute Gasteiger partial charge is 0.469 e. The molecule has 0 spiro atoms. The van der Waals surface area contributed by atoms with Crippen LogP contribution < -0.4 is 9.47 Å². The standard InChI is InChI=1S/C10H12O2.5C9H12.2C7H10O.C7H10S.C3H8O.C3H8.5C2H6.3CH4/c1-7(2)8-3-4-9-10(5-8)12-6-11-9;5*1-8(2)9-6-4-3-5-7-9;3*1-6(2)7-4-3-5-8-7;1-3-4-2;1-3-2;5*1-2;;;/h3-5,7H,6H2,1-2H3;5*3-8H,1-2H3;3*3-6H,1-2H3;3H2,1-2H3;3H2,1-2H3;5*1-2H3;3*1H4. The van der Waals surface area contributed by atoms with Crippen molar-refractivity contribution in [1.29, 1.82) is 0 Å². The van der Waals surface area contributed by atoms with Crippen molar-refractivity contribution in [3.05, 3.63) is 274 Å². The van der Waals surface area contributed by atoms with E-state index >= 15 is 0 Å². The lowest BCUT2D eigenvalue weighted by molar-refractivity contribution is 0.174. The number of thiophene rings is 1. The van der Waals surface area contributed by atoms with Gasteiger partial charge in [0.05, 0.1) is 12.5 Å². The monoisotopic (exact) mass is 1410 g/mol. The lowest BCUT2D eigenvalue weighted by Crippen LogP contribution is -1.93. The summed E-state index contributed by atoms with van der Waals surface area (Å²) in [6.07, 6.45) is 4.66. The predicted molar refractivity (Wildman–Crippen MR) is 464 cm³/mol. The van der Waals surface area contributed by atoms with Crippen molar-refractivity contribution in [2.75, 3.05) is 20.5 Å². The van der Waals surface area contributed by atoms with Gasteiger partial charge in [-0.2, -0.15) is 0 Å². The van der Waals surface area contributed by atoms with Crippen LogP contribution in [-0.2, 0) is 4.74 Å². The molecule has 101 heavy (non-hydrogen) atoms. The van der Waals surface area contributed by atoms with E-state index in [-0.39, 0.29) is 22.3 Å². The molecule has 0 fully saturated rings. The smallest absolute Gasteiger partial charge is 0.231 e. The van der Waals surface area contributed by atoms with Crippen LogP contribution >= 0.6 is 11.3 Å². The van der Waals surface area contributed by atoms with E-state index in [0.29, 0.717) is 60.1 Å². The van der Waals surface area contributed by atoms with Crippen LogP contribution in [0, 0.1) is 0 Å². The normalized spacial score (nSPS) is 9.40. The molecule has 3 aromatic heterocycles. The van der Waals surface area contributed by atoms with Crippen LogP contribution in [0.25, 0.3) is 0 Å². The van der Waals surface area contributed by atoms with Crippen LogP contribution in [-0.4, -0.2) is 20.5 Å². The van der Waals surface area contributed by atoms with Crippen LogP contribution in [0.4, 0.5) is 0 Å². The molecule has 1 aliphatic heterocycles. The van der Waals surface area contributed by atoms with E-state index in [9.17, 15) is 0 Å². The number of benzene rings is 6. The van der Waals surface area contributed by atoms with E-state index in [4.69, 9.17) is 18.3 Å². The molecule has 6 aromatic carbocycles. The minimum absolute atomic E-state index is 0. The number of hydrogen-bond donors (Lipinski definition) is 0. The minimum Gasteiger partial charge on any atom is -0.469 e. The lowest BCUT2D eigenvalue weighted by atomic mass is 10.0. The second kappa shape index (κ2) is 80.5. The number of fused-ring (bicyclic) bond motifs is 1. The fraction of sp³-hybridized carbons (Fsp3) is 0.495. The van der Waals surface area contributed by atoms with Crippen molar-refractivity contribution in [1.82, 2.24) is 0 Å². The molecule has 0 unspecified atom stereocenters. The first kappa shape index (κ1) is 113. The summed E-state index contributed by atoms with van der Waals surface area (Å²) in [7, 11) is 1.68. The average Bonchev–Trinajstić information content (AvgIpc) is 1.73. The van der Waals surface area contributed by atoms with E-state index in [1.54, 1.807) is 19.6 Å².